The van der Waals surface area contributed by atoms with Gasteiger partial charge in [0.15, 0.2) is 5.96 Å². The van der Waals surface area contributed by atoms with Crippen molar-refractivity contribution in [1.82, 2.24) is 15.5 Å². The monoisotopic (exact) mass is 416 g/mol. The van der Waals surface area contributed by atoms with E-state index >= 15 is 0 Å². The van der Waals surface area contributed by atoms with Crippen molar-refractivity contribution in [3.8, 4) is 5.75 Å². The van der Waals surface area contributed by atoms with E-state index in [1.165, 1.54) is 5.56 Å². The normalized spacial score (nSPS) is 18.9. The molecule has 0 radical (unpaired) electrons. The Morgan fingerprint density at radius 3 is 2.47 bits per heavy atom. The molecule has 166 valence electrons. The fourth-order valence-electron chi connectivity index (χ4n) is 4.21. The smallest absolute Gasteiger partial charge is 0.244 e. The van der Waals surface area contributed by atoms with Gasteiger partial charge >= 0.3 is 0 Å². The van der Waals surface area contributed by atoms with E-state index < -0.39 is 0 Å². The second-order valence-corrected chi connectivity index (χ2v) is 7.99. The average Bonchev–Trinajstić information content (AvgIpc) is 3.32. The summed E-state index contributed by atoms with van der Waals surface area (Å²) in [6.07, 6.45) is 4.08. The van der Waals surface area contributed by atoms with Gasteiger partial charge in [-0.2, -0.15) is 0 Å². The number of ether oxygens (including phenoxy) is 2. The van der Waals surface area contributed by atoms with Crippen LogP contribution in [0.5, 0.6) is 5.75 Å². The molecule has 2 aliphatic heterocycles. The van der Waals surface area contributed by atoms with Crippen LogP contribution in [0, 0.1) is 0 Å². The highest BCUT2D eigenvalue weighted by molar-refractivity contribution is 5.85. The fraction of sp³-hybridized carbons (Fsp3) is 0.652. The molecule has 2 saturated heterocycles. The number of rotatable bonds is 8. The van der Waals surface area contributed by atoms with Crippen LogP contribution in [-0.4, -0.2) is 69.3 Å². The van der Waals surface area contributed by atoms with Crippen molar-refractivity contribution >= 4 is 11.9 Å². The van der Waals surface area contributed by atoms with Crippen molar-refractivity contribution in [3.63, 3.8) is 0 Å². The molecule has 1 aromatic rings. The first kappa shape index (κ1) is 22.4. The molecule has 0 aromatic heterocycles. The van der Waals surface area contributed by atoms with Crippen LogP contribution >= 0.6 is 0 Å². The Morgan fingerprint density at radius 1 is 1.13 bits per heavy atom. The largest absolute Gasteiger partial charge is 0.494 e. The summed E-state index contributed by atoms with van der Waals surface area (Å²) in [5.41, 5.74) is 1.25. The molecule has 0 unspecified atom stereocenters. The molecular formula is C23H36N4O3. The molecule has 7 nitrogen and oxygen atoms in total. The number of hydrogen-bond donors (Lipinski definition) is 2. The number of aliphatic imine (C=N–C) groups is 1. The van der Waals surface area contributed by atoms with Crippen molar-refractivity contribution in [2.75, 3.05) is 52.5 Å². The van der Waals surface area contributed by atoms with Gasteiger partial charge in [0.25, 0.3) is 0 Å². The lowest BCUT2D eigenvalue weighted by atomic mass is 9.74. The standard InChI is InChI=1S/C23H36N4O3/c1-3-24-22(25-17-21(28)27-13-5-6-14-27)26-18-23(11-15-29-16-12-23)19-7-9-20(10-8-19)30-4-2/h7-10H,3-6,11-18H2,1-2H3,(H2,24,25,26). The van der Waals surface area contributed by atoms with Crippen molar-refractivity contribution in [2.45, 2.75) is 44.9 Å². The molecule has 0 aliphatic carbocycles. The number of nitrogens with zero attached hydrogens (tertiary/aromatic N) is 2. The fourth-order valence-corrected chi connectivity index (χ4v) is 4.21. The number of carbonyl (C=O) groups excluding carboxylic acids is 1. The molecule has 0 bridgehead atoms. The highest BCUT2D eigenvalue weighted by Gasteiger charge is 2.34. The second kappa shape index (κ2) is 11.2. The highest BCUT2D eigenvalue weighted by Crippen LogP contribution is 2.35. The first-order chi connectivity index (χ1) is 14.7. The molecule has 1 amide bonds. The van der Waals surface area contributed by atoms with Crippen LogP contribution < -0.4 is 15.4 Å². The molecular weight excluding hydrogens is 380 g/mol. The predicted octanol–water partition coefficient (Wildman–Crippen LogP) is 2.31. The first-order valence-corrected chi connectivity index (χ1v) is 11.3. The SMILES string of the molecule is CCNC(=NCC(=O)N1CCCC1)NCC1(c2ccc(OCC)cc2)CCOCC1. The summed E-state index contributed by atoms with van der Waals surface area (Å²) >= 11 is 0. The van der Waals surface area contributed by atoms with E-state index in [4.69, 9.17) is 9.47 Å². The maximum atomic E-state index is 12.4. The van der Waals surface area contributed by atoms with Crippen molar-refractivity contribution < 1.29 is 14.3 Å². The lowest BCUT2D eigenvalue weighted by Crippen LogP contribution is -2.48. The summed E-state index contributed by atoms with van der Waals surface area (Å²) in [6, 6.07) is 8.42. The minimum atomic E-state index is -0.0296. The van der Waals surface area contributed by atoms with Gasteiger partial charge in [-0.3, -0.25) is 4.79 Å². The number of likely N-dealkylation sites (tertiary alicyclic amines) is 1. The average molecular weight is 417 g/mol. The third-order valence-corrected chi connectivity index (χ3v) is 6.00. The number of guanidine groups is 1. The summed E-state index contributed by atoms with van der Waals surface area (Å²) < 4.78 is 11.3. The topological polar surface area (TPSA) is 75.2 Å². The van der Waals surface area contributed by atoms with Crippen molar-refractivity contribution in [2.24, 2.45) is 4.99 Å². The molecule has 2 aliphatic rings. The van der Waals surface area contributed by atoms with Crippen LogP contribution in [0.15, 0.2) is 29.3 Å². The number of hydrogen-bond acceptors (Lipinski definition) is 4. The van der Waals surface area contributed by atoms with Gasteiger partial charge in [0.05, 0.1) is 6.61 Å². The first-order valence-electron chi connectivity index (χ1n) is 11.3. The van der Waals surface area contributed by atoms with Crippen LogP contribution in [0.25, 0.3) is 0 Å². The Morgan fingerprint density at radius 2 is 1.83 bits per heavy atom. The number of benzene rings is 1. The minimum absolute atomic E-state index is 0.0296. The maximum Gasteiger partial charge on any atom is 0.244 e. The third kappa shape index (κ3) is 5.88. The van der Waals surface area contributed by atoms with E-state index in [0.717, 1.165) is 70.8 Å². The van der Waals surface area contributed by atoms with Crippen LogP contribution in [0.3, 0.4) is 0 Å². The predicted molar refractivity (Wildman–Crippen MR) is 119 cm³/mol. The summed E-state index contributed by atoms with van der Waals surface area (Å²) in [4.78, 5) is 18.8. The molecule has 2 heterocycles. The zero-order chi connectivity index (χ0) is 21.2. The Labute approximate surface area is 180 Å². The van der Waals surface area contributed by atoms with Gasteiger partial charge in [0.1, 0.15) is 12.3 Å². The minimum Gasteiger partial charge on any atom is -0.494 e. The van der Waals surface area contributed by atoms with Crippen LogP contribution in [0.1, 0.15) is 45.1 Å². The van der Waals surface area contributed by atoms with Gasteiger partial charge in [-0.1, -0.05) is 12.1 Å². The summed E-state index contributed by atoms with van der Waals surface area (Å²) in [5, 5.41) is 6.78. The van der Waals surface area contributed by atoms with Gasteiger partial charge in [0, 0.05) is 44.8 Å². The van der Waals surface area contributed by atoms with E-state index in [1.54, 1.807) is 0 Å². The molecule has 1 aromatic carbocycles. The Hall–Kier alpha value is -2.28. The molecule has 0 saturated carbocycles. The van der Waals surface area contributed by atoms with Crippen LogP contribution in [0.2, 0.25) is 0 Å². The Kier molecular flexibility index (Phi) is 8.37. The van der Waals surface area contributed by atoms with Gasteiger partial charge in [-0.05, 0) is 57.2 Å². The van der Waals surface area contributed by atoms with Gasteiger partial charge in [0.2, 0.25) is 5.91 Å². The zero-order valence-corrected chi connectivity index (χ0v) is 18.4. The molecule has 0 spiro atoms. The zero-order valence-electron chi connectivity index (χ0n) is 18.4. The number of nitrogens with one attached hydrogen (secondary N) is 2. The van der Waals surface area contributed by atoms with E-state index in [-0.39, 0.29) is 17.9 Å². The van der Waals surface area contributed by atoms with E-state index in [1.807, 2.05) is 30.9 Å². The summed E-state index contributed by atoms with van der Waals surface area (Å²) in [6.45, 7) is 9.60. The molecule has 2 N–H and O–H groups in total. The quantitative estimate of drug-likeness (QED) is 0.502. The maximum absolute atomic E-state index is 12.4. The number of carbonyl (C=O) groups is 1. The van der Waals surface area contributed by atoms with Gasteiger partial charge < -0.3 is 25.0 Å². The van der Waals surface area contributed by atoms with E-state index in [9.17, 15) is 4.79 Å². The summed E-state index contributed by atoms with van der Waals surface area (Å²) in [7, 11) is 0. The Bertz CT molecular complexity index is 693. The summed E-state index contributed by atoms with van der Waals surface area (Å²) in [5.74, 6) is 1.70. The molecule has 0 atom stereocenters. The lowest BCUT2D eigenvalue weighted by Gasteiger charge is -2.38. The number of amides is 1. The van der Waals surface area contributed by atoms with Crippen LogP contribution in [0.4, 0.5) is 0 Å². The van der Waals surface area contributed by atoms with Gasteiger partial charge in [-0.15, -0.1) is 0 Å². The van der Waals surface area contributed by atoms with E-state index in [2.05, 4.69) is 27.8 Å². The second-order valence-electron chi connectivity index (χ2n) is 7.99. The van der Waals surface area contributed by atoms with E-state index in [0.29, 0.717) is 12.6 Å². The molecule has 7 heteroatoms. The molecule has 2 fully saturated rings. The van der Waals surface area contributed by atoms with Crippen molar-refractivity contribution in [3.05, 3.63) is 29.8 Å². The Balaban J connectivity index is 1.67. The van der Waals surface area contributed by atoms with Crippen molar-refractivity contribution in [1.29, 1.82) is 0 Å². The molecule has 30 heavy (non-hydrogen) atoms. The lowest BCUT2D eigenvalue weighted by molar-refractivity contribution is -0.128. The highest BCUT2D eigenvalue weighted by atomic mass is 16.5. The third-order valence-electron chi connectivity index (χ3n) is 6.00. The van der Waals surface area contributed by atoms with Crippen LogP contribution in [-0.2, 0) is 14.9 Å². The van der Waals surface area contributed by atoms with Gasteiger partial charge in [-0.25, -0.2) is 4.99 Å². The molecule has 3 rings (SSSR count).